The van der Waals surface area contributed by atoms with Crippen LogP contribution in [0.2, 0.25) is 0 Å². The van der Waals surface area contributed by atoms with E-state index in [1.54, 1.807) is 0 Å². The third-order valence-electron chi connectivity index (χ3n) is 5.96. The van der Waals surface area contributed by atoms with Crippen molar-refractivity contribution in [3.05, 3.63) is 65.2 Å². The van der Waals surface area contributed by atoms with Gasteiger partial charge in [0.2, 0.25) is 0 Å². The topological polar surface area (TPSA) is 41.6 Å². The number of esters is 1. The number of methoxy groups -OCH3 is 1. The van der Waals surface area contributed by atoms with Crippen molar-refractivity contribution >= 4 is 11.7 Å². The van der Waals surface area contributed by atoms with Crippen molar-refractivity contribution in [2.24, 2.45) is 0 Å². The predicted octanol–water partition coefficient (Wildman–Crippen LogP) is 2.94. The van der Waals surface area contributed by atoms with Crippen molar-refractivity contribution in [3.63, 3.8) is 0 Å². The maximum Gasteiger partial charge on any atom is 0.331 e. The Kier molecular flexibility index (Phi) is 2.70. The maximum atomic E-state index is 12.7. The van der Waals surface area contributed by atoms with Crippen molar-refractivity contribution in [3.8, 4) is 0 Å². The lowest BCUT2D eigenvalue weighted by Crippen LogP contribution is -2.67. The van der Waals surface area contributed by atoms with E-state index < -0.39 is 5.54 Å². The number of fused-ring (bicyclic) bond motifs is 7. The molecule has 1 fully saturated rings. The molecule has 0 radical (unpaired) electrons. The number of rotatable bonds is 1. The van der Waals surface area contributed by atoms with Crippen LogP contribution in [0.15, 0.2) is 48.5 Å². The van der Waals surface area contributed by atoms with Gasteiger partial charge in [-0.05, 0) is 29.7 Å². The minimum absolute atomic E-state index is 0.0974. The Morgan fingerprint density at radius 2 is 1.79 bits per heavy atom. The van der Waals surface area contributed by atoms with Crippen molar-refractivity contribution in [1.82, 2.24) is 5.32 Å². The van der Waals surface area contributed by atoms with Gasteiger partial charge >= 0.3 is 5.97 Å². The lowest BCUT2D eigenvalue weighted by atomic mass is 9.75. The Morgan fingerprint density at radius 1 is 1.12 bits per heavy atom. The first-order valence-corrected chi connectivity index (χ1v) is 8.47. The highest BCUT2D eigenvalue weighted by molar-refractivity contribution is 5.88. The second kappa shape index (κ2) is 4.61. The monoisotopic (exact) mass is 320 g/mol. The molecule has 0 aliphatic carbocycles. The number of nitrogens with one attached hydrogen (secondary N) is 1. The molecule has 0 unspecified atom stereocenters. The lowest BCUT2D eigenvalue weighted by molar-refractivity contribution is -0.148. The van der Waals surface area contributed by atoms with Gasteiger partial charge in [-0.3, -0.25) is 5.32 Å². The molecular formula is C20H20N2O2. The molecule has 3 heterocycles. The van der Waals surface area contributed by atoms with E-state index in [0.29, 0.717) is 6.42 Å². The molecule has 5 rings (SSSR count). The minimum atomic E-state index is -0.659. The van der Waals surface area contributed by atoms with Crippen LogP contribution in [0.5, 0.6) is 0 Å². The first-order chi connectivity index (χ1) is 11.6. The number of anilines is 1. The molecule has 24 heavy (non-hydrogen) atoms. The number of nitrogens with zero attached hydrogens (tertiary/aromatic N) is 1. The smallest absolute Gasteiger partial charge is 0.331 e. The van der Waals surface area contributed by atoms with Gasteiger partial charge in [0, 0.05) is 24.1 Å². The Morgan fingerprint density at radius 3 is 2.54 bits per heavy atom. The molecule has 2 aromatic carbocycles. The van der Waals surface area contributed by atoms with Crippen molar-refractivity contribution in [1.29, 1.82) is 0 Å². The van der Waals surface area contributed by atoms with Crippen LogP contribution < -0.4 is 10.2 Å². The van der Waals surface area contributed by atoms with Gasteiger partial charge < -0.3 is 9.64 Å². The van der Waals surface area contributed by atoms with Crippen LogP contribution in [0, 0.1) is 0 Å². The molecule has 0 spiro atoms. The van der Waals surface area contributed by atoms with Gasteiger partial charge in [-0.25, -0.2) is 4.79 Å². The average Bonchev–Trinajstić information content (AvgIpc) is 2.97. The van der Waals surface area contributed by atoms with E-state index in [1.807, 2.05) is 13.0 Å². The molecule has 3 aliphatic heterocycles. The molecule has 122 valence electrons. The quantitative estimate of drug-likeness (QED) is 0.820. The van der Waals surface area contributed by atoms with Crippen LogP contribution in [0.4, 0.5) is 5.69 Å². The third-order valence-corrected chi connectivity index (χ3v) is 5.96. The van der Waals surface area contributed by atoms with E-state index in [9.17, 15) is 4.79 Å². The van der Waals surface area contributed by atoms with Gasteiger partial charge in [0.1, 0.15) is 5.54 Å². The van der Waals surface area contributed by atoms with Crippen LogP contribution in [-0.4, -0.2) is 24.8 Å². The summed E-state index contributed by atoms with van der Waals surface area (Å²) >= 11 is 0. The molecule has 1 N–H and O–H groups in total. The molecule has 2 bridgehead atoms. The fourth-order valence-electron chi connectivity index (χ4n) is 4.99. The first kappa shape index (κ1) is 14.1. The number of carbonyl (C=O) groups is 1. The molecule has 4 heteroatoms. The van der Waals surface area contributed by atoms with Gasteiger partial charge in [-0.15, -0.1) is 0 Å². The van der Waals surface area contributed by atoms with Gasteiger partial charge in [0.05, 0.1) is 13.3 Å². The highest BCUT2D eigenvalue weighted by Crippen LogP contribution is 2.55. The summed E-state index contributed by atoms with van der Waals surface area (Å²) < 4.78 is 5.20. The molecule has 3 aliphatic rings. The highest BCUT2D eigenvalue weighted by atomic mass is 16.5. The minimum Gasteiger partial charge on any atom is -0.467 e. The Bertz CT molecular complexity index is 849. The predicted molar refractivity (Wildman–Crippen MR) is 91.9 cm³/mol. The van der Waals surface area contributed by atoms with Crippen LogP contribution in [0.1, 0.15) is 42.0 Å². The summed E-state index contributed by atoms with van der Waals surface area (Å²) in [7, 11) is 1.48. The molecule has 4 atom stereocenters. The number of para-hydroxylation sites is 1. The Hall–Kier alpha value is -2.33. The molecule has 1 saturated heterocycles. The summed E-state index contributed by atoms with van der Waals surface area (Å²) in [6.07, 6.45) is 0.800. The normalized spacial score (nSPS) is 32.1. The largest absolute Gasteiger partial charge is 0.467 e. The third kappa shape index (κ3) is 1.54. The van der Waals surface area contributed by atoms with Crippen molar-refractivity contribution in [2.45, 2.75) is 37.0 Å². The maximum absolute atomic E-state index is 12.7. The summed E-state index contributed by atoms with van der Waals surface area (Å²) in [6.45, 7) is 2.02. The fraction of sp³-hybridized carbons (Fsp3) is 0.350. The van der Waals surface area contributed by atoms with E-state index in [4.69, 9.17) is 4.74 Å². The molecule has 4 nitrogen and oxygen atoms in total. The second-order valence-corrected chi connectivity index (χ2v) is 7.17. The zero-order chi connectivity index (χ0) is 16.5. The van der Waals surface area contributed by atoms with Crippen molar-refractivity contribution in [2.75, 3.05) is 12.0 Å². The summed E-state index contributed by atoms with van der Waals surface area (Å²) in [5.74, 6) is 0.0896. The van der Waals surface area contributed by atoms with E-state index in [2.05, 4.69) is 52.7 Å². The molecule has 0 saturated carbocycles. The molecule has 0 amide bonds. The molecule has 0 aromatic heterocycles. The van der Waals surface area contributed by atoms with E-state index in [0.717, 1.165) is 5.69 Å². The van der Waals surface area contributed by atoms with Gasteiger partial charge in [0.25, 0.3) is 0 Å². The van der Waals surface area contributed by atoms with Crippen LogP contribution in [-0.2, 0) is 9.53 Å². The van der Waals surface area contributed by atoms with E-state index >= 15 is 0 Å². The zero-order valence-corrected chi connectivity index (χ0v) is 13.8. The number of hydrogen-bond acceptors (Lipinski definition) is 4. The van der Waals surface area contributed by atoms with E-state index in [1.165, 1.54) is 23.8 Å². The number of benzene rings is 2. The summed E-state index contributed by atoms with van der Waals surface area (Å²) in [5, 5.41) is 3.77. The standard InChI is InChI=1S/C20H20N2O2/c1-20(19(23)24-2)11-15-12-7-3-4-8-13(12)17-14-9-5-6-10-16(14)22(20)18(17)21-15/h3-10,15,17-18,21H,11H2,1-2H3/t15-,17-,18+,20+/m1/s1. The van der Waals surface area contributed by atoms with Gasteiger partial charge in [-0.1, -0.05) is 42.5 Å². The van der Waals surface area contributed by atoms with Crippen LogP contribution in [0.3, 0.4) is 0 Å². The van der Waals surface area contributed by atoms with Crippen LogP contribution in [0.25, 0.3) is 0 Å². The average molecular weight is 320 g/mol. The molecule has 2 aromatic rings. The highest BCUT2D eigenvalue weighted by Gasteiger charge is 2.58. The van der Waals surface area contributed by atoms with Gasteiger partial charge in [-0.2, -0.15) is 0 Å². The second-order valence-electron chi connectivity index (χ2n) is 7.17. The Labute approximate surface area is 141 Å². The summed E-state index contributed by atoms with van der Waals surface area (Å²) in [4.78, 5) is 15.0. The van der Waals surface area contributed by atoms with Crippen LogP contribution >= 0.6 is 0 Å². The number of hydrogen-bond donors (Lipinski definition) is 1. The van der Waals surface area contributed by atoms with E-state index in [-0.39, 0.29) is 24.1 Å². The first-order valence-electron chi connectivity index (χ1n) is 8.47. The fourth-order valence-corrected chi connectivity index (χ4v) is 4.99. The molecular weight excluding hydrogens is 300 g/mol. The zero-order valence-electron chi connectivity index (χ0n) is 13.8. The lowest BCUT2D eigenvalue weighted by Gasteiger charge is -2.53. The Balaban J connectivity index is 1.81. The number of ether oxygens (including phenoxy) is 1. The summed E-state index contributed by atoms with van der Waals surface area (Å²) in [5.41, 5.74) is 4.47. The van der Waals surface area contributed by atoms with Crippen molar-refractivity contribution < 1.29 is 9.53 Å². The SMILES string of the molecule is COC(=O)[C@]1(C)C[C@H]2N[C@@H]3[C@H](c4ccccc42)c2ccccc2N31. The van der Waals surface area contributed by atoms with Gasteiger partial charge in [0.15, 0.2) is 0 Å². The number of carbonyl (C=O) groups excluding carboxylic acids is 1. The summed E-state index contributed by atoms with van der Waals surface area (Å²) in [6, 6.07) is 17.3.